The summed E-state index contributed by atoms with van der Waals surface area (Å²) in [5, 5.41) is 3.30. The first-order chi connectivity index (χ1) is 15.0. The fourth-order valence-electron chi connectivity index (χ4n) is 3.19. The van der Waals surface area contributed by atoms with E-state index in [1.54, 1.807) is 13.0 Å². The SMILES string of the molecule is Cc1cc(C)c(NC(=O)CSc2ncc(S(=O)(=O)c3ccc(C)c(Cl)c3)c(=O)[nH]2)c(C)c1. The van der Waals surface area contributed by atoms with Crippen LogP contribution in [0.15, 0.2) is 56.3 Å². The summed E-state index contributed by atoms with van der Waals surface area (Å²) < 4.78 is 25.6. The maximum atomic E-state index is 12.8. The highest BCUT2D eigenvalue weighted by Crippen LogP contribution is 2.25. The molecule has 0 aliphatic carbocycles. The minimum absolute atomic E-state index is 0.00460. The van der Waals surface area contributed by atoms with Crippen molar-refractivity contribution in [2.45, 2.75) is 42.6 Å². The van der Waals surface area contributed by atoms with Crippen LogP contribution in [0.25, 0.3) is 0 Å². The number of hydrogen-bond donors (Lipinski definition) is 2. The van der Waals surface area contributed by atoms with Gasteiger partial charge in [-0.05, 0) is 56.5 Å². The van der Waals surface area contributed by atoms with Crippen LogP contribution in [-0.4, -0.2) is 30.0 Å². The number of thioether (sulfide) groups is 1. The Kier molecular flexibility index (Phi) is 7.12. The average molecular weight is 492 g/mol. The summed E-state index contributed by atoms with van der Waals surface area (Å²) in [5.41, 5.74) is 3.68. The number of carbonyl (C=O) groups is 1. The third-order valence-electron chi connectivity index (χ3n) is 4.77. The van der Waals surface area contributed by atoms with E-state index in [1.807, 2.05) is 32.9 Å². The van der Waals surface area contributed by atoms with Gasteiger partial charge in [0.15, 0.2) is 10.1 Å². The van der Waals surface area contributed by atoms with Gasteiger partial charge in [0, 0.05) is 10.7 Å². The Bertz CT molecular complexity index is 1340. The molecule has 10 heteroatoms. The molecule has 2 N–H and O–H groups in total. The second-order valence-corrected chi connectivity index (χ2v) is 10.7. The van der Waals surface area contributed by atoms with Gasteiger partial charge >= 0.3 is 0 Å². The first-order valence-corrected chi connectivity index (χ1v) is 12.4. The molecule has 0 bridgehead atoms. The molecule has 7 nitrogen and oxygen atoms in total. The number of halogens is 1. The predicted octanol–water partition coefficient (Wildman–Crippen LogP) is 4.22. The largest absolute Gasteiger partial charge is 0.325 e. The van der Waals surface area contributed by atoms with Gasteiger partial charge in [-0.2, -0.15) is 0 Å². The molecule has 0 saturated heterocycles. The Labute approximate surface area is 195 Å². The summed E-state index contributed by atoms with van der Waals surface area (Å²) in [5.74, 6) is -0.270. The van der Waals surface area contributed by atoms with Gasteiger partial charge in [-0.15, -0.1) is 0 Å². The van der Waals surface area contributed by atoms with E-state index in [0.29, 0.717) is 0 Å². The van der Waals surface area contributed by atoms with Crippen molar-refractivity contribution in [3.05, 3.63) is 74.2 Å². The Balaban J connectivity index is 1.74. The second-order valence-electron chi connectivity index (χ2n) is 7.41. The van der Waals surface area contributed by atoms with Crippen molar-refractivity contribution in [1.29, 1.82) is 0 Å². The number of rotatable bonds is 6. The van der Waals surface area contributed by atoms with Crippen LogP contribution in [0, 0.1) is 27.7 Å². The van der Waals surface area contributed by atoms with Gasteiger partial charge in [-0.1, -0.05) is 47.1 Å². The van der Waals surface area contributed by atoms with E-state index >= 15 is 0 Å². The molecule has 0 aliphatic heterocycles. The first kappa shape index (κ1) is 24.0. The Morgan fingerprint density at radius 3 is 2.34 bits per heavy atom. The molecule has 32 heavy (non-hydrogen) atoms. The Morgan fingerprint density at radius 1 is 1.09 bits per heavy atom. The first-order valence-electron chi connectivity index (χ1n) is 9.60. The molecule has 1 heterocycles. The quantitative estimate of drug-likeness (QED) is 0.394. The van der Waals surface area contributed by atoms with Crippen molar-refractivity contribution in [3.63, 3.8) is 0 Å². The molecule has 0 spiro atoms. The third-order valence-corrected chi connectivity index (χ3v) is 7.81. The fourth-order valence-corrected chi connectivity index (χ4v) is 5.32. The van der Waals surface area contributed by atoms with Gasteiger partial charge in [0.25, 0.3) is 5.56 Å². The van der Waals surface area contributed by atoms with Crippen molar-refractivity contribution in [2.75, 3.05) is 11.1 Å². The minimum Gasteiger partial charge on any atom is -0.325 e. The van der Waals surface area contributed by atoms with Gasteiger partial charge in [0.1, 0.15) is 0 Å². The van der Waals surface area contributed by atoms with Gasteiger partial charge in [0.05, 0.1) is 16.8 Å². The lowest BCUT2D eigenvalue weighted by Crippen LogP contribution is -2.20. The number of carbonyl (C=O) groups excluding carboxylic acids is 1. The predicted molar refractivity (Wildman–Crippen MR) is 127 cm³/mol. The summed E-state index contributed by atoms with van der Waals surface area (Å²) in [6.07, 6.45) is 0.996. The fraction of sp³-hybridized carbons (Fsp3) is 0.227. The monoisotopic (exact) mass is 491 g/mol. The molecule has 0 radical (unpaired) electrons. The van der Waals surface area contributed by atoms with E-state index in [2.05, 4.69) is 15.3 Å². The van der Waals surface area contributed by atoms with Gasteiger partial charge in [-0.25, -0.2) is 13.4 Å². The zero-order chi connectivity index (χ0) is 23.6. The molecular weight excluding hydrogens is 470 g/mol. The molecule has 0 aliphatic rings. The third kappa shape index (κ3) is 5.23. The van der Waals surface area contributed by atoms with Crippen molar-refractivity contribution in [2.24, 2.45) is 0 Å². The van der Waals surface area contributed by atoms with Crippen molar-refractivity contribution in [1.82, 2.24) is 9.97 Å². The van der Waals surface area contributed by atoms with Gasteiger partial charge < -0.3 is 10.3 Å². The number of nitrogens with one attached hydrogen (secondary N) is 2. The van der Waals surface area contributed by atoms with Crippen molar-refractivity contribution in [3.8, 4) is 0 Å². The van der Waals surface area contributed by atoms with E-state index in [4.69, 9.17) is 11.6 Å². The lowest BCUT2D eigenvalue weighted by Gasteiger charge is -2.12. The maximum Gasteiger partial charge on any atom is 0.270 e. The van der Waals surface area contributed by atoms with E-state index < -0.39 is 20.3 Å². The van der Waals surface area contributed by atoms with Crippen LogP contribution in [-0.2, 0) is 14.6 Å². The van der Waals surface area contributed by atoms with Gasteiger partial charge in [0.2, 0.25) is 15.7 Å². The van der Waals surface area contributed by atoms with E-state index in [1.165, 1.54) is 12.1 Å². The second kappa shape index (κ2) is 9.48. The maximum absolute atomic E-state index is 12.8. The zero-order valence-corrected chi connectivity index (χ0v) is 20.3. The number of aromatic amines is 1. The lowest BCUT2D eigenvalue weighted by molar-refractivity contribution is -0.113. The van der Waals surface area contributed by atoms with Crippen LogP contribution in [0.4, 0.5) is 5.69 Å². The van der Waals surface area contributed by atoms with Crippen molar-refractivity contribution >= 4 is 44.8 Å². The average Bonchev–Trinajstić information content (AvgIpc) is 2.71. The summed E-state index contributed by atoms with van der Waals surface area (Å²) in [7, 11) is -4.09. The van der Waals surface area contributed by atoms with Crippen LogP contribution >= 0.6 is 23.4 Å². The zero-order valence-electron chi connectivity index (χ0n) is 17.9. The Hall–Kier alpha value is -2.62. The standard InChI is InChI=1S/C22H22ClN3O4S2/c1-12-7-14(3)20(15(4)8-12)25-19(27)11-31-22-24-10-18(21(28)26-22)32(29,30)16-6-5-13(2)17(23)9-16/h5-10H,11H2,1-4H3,(H,25,27)(H,24,26,28). The molecule has 1 amide bonds. The molecule has 0 atom stereocenters. The van der Waals surface area contributed by atoms with Crippen LogP contribution < -0.4 is 10.9 Å². The number of benzene rings is 2. The molecule has 3 rings (SSSR count). The van der Waals surface area contributed by atoms with Crippen molar-refractivity contribution < 1.29 is 13.2 Å². The molecule has 3 aromatic rings. The molecule has 1 aromatic heterocycles. The Morgan fingerprint density at radius 2 is 1.75 bits per heavy atom. The number of aryl methyl sites for hydroxylation is 4. The van der Waals surface area contributed by atoms with Gasteiger partial charge in [-0.3, -0.25) is 9.59 Å². The highest BCUT2D eigenvalue weighted by atomic mass is 35.5. The van der Waals surface area contributed by atoms with Crippen LogP contribution in [0.1, 0.15) is 22.3 Å². The smallest absolute Gasteiger partial charge is 0.270 e. The molecule has 168 valence electrons. The highest BCUT2D eigenvalue weighted by Gasteiger charge is 2.23. The molecule has 0 fully saturated rings. The van der Waals surface area contributed by atoms with Crippen LogP contribution in [0.2, 0.25) is 5.02 Å². The highest BCUT2D eigenvalue weighted by molar-refractivity contribution is 7.99. The van der Waals surface area contributed by atoms with E-state index in [0.717, 1.165) is 45.9 Å². The number of nitrogens with zero attached hydrogens (tertiary/aromatic N) is 1. The molecule has 0 unspecified atom stereocenters. The number of aromatic nitrogens is 2. The molecule has 2 aromatic carbocycles. The minimum atomic E-state index is -4.09. The van der Waals surface area contributed by atoms with Crippen LogP contribution in [0.5, 0.6) is 0 Å². The topological polar surface area (TPSA) is 109 Å². The molecular formula is C22H22ClN3O4S2. The summed E-state index contributed by atoms with van der Waals surface area (Å²) in [6, 6.07) is 8.22. The van der Waals surface area contributed by atoms with Crippen LogP contribution in [0.3, 0.4) is 0 Å². The summed E-state index contributed by atoms with van der Waals surface area (Å²) >= 11 is 7.02. The number of H-pyrrole nitrogens is 1. The normalized spacial score (nSPS) is 11.4. The number of sulfone groups is 1. The number of anilines is 1. The van der Waals surface area contributed by atoms with E-state index in [9.17, 15) is 18.0 Å². The summed E-state index contributed by atoms with van der Waals surface area (Å²) in [6.45, 7) is 7.57. The lowest BCUT2D eigenvalue weighted by atomic mass is 10.1. The van der Waals surface area contributed by atoms with E-state index in [-0.39, 0.29) is 26.7 Å². The number of hydrogen-bond acceptors (Lipinski definition) is 6. The number of amides is 1. The summed E-state index contributed by atoms with van der Waals surface area (Å²) in [4.78, 5) is 30.7. The molecule has 0 saturated carbocycles.